The van der Waals surface area contributed by atoms with Crippen molar-refractivity contribution in [3.05, 3.63) is 0 Å². The van der Waals surface area contributed by atoms with Gasteiger partial charge in [0.2, 0.25) is 11.8 Å². The van der Waals surface area contributed by atoms with Crippen molar-refractivity contribution in [2.75, 3.05) is 26.7 Å². The standard InChI is InChI=1S/C14H29N3O2/c1-6-7-17(10-12(18)16-5)13(19)11(9-15)8-14(2,3)4/h11H,6-10,15H2,1-5H3,(H,16,18). The topological polar surface area (TPSA) is 75.4 Å². The van der Waals surface area contributed by atoms with Crippen LogP contribution in [-0.2, 0) is 9.59 Å². The van der Waals surface area contributed by atoms with Crippen molar-refractivity contribution in [2.45, 2.75) is 40.5 Å². The summed E-state index contributed by atoms with van der Waals surface area (Å²) in [7, 11) is 1.58. The summed E-state index contributed by atoms with van der Waals surface area (Å²) >= 11 is 0. The largest absolute Gasteiger partial charge is 0.358 e. The zero-order valence-corrected chi connectivity index (χ0v) is 13.0. The van der Waals surface area contributed by atoms with Crippen molar-refractivity contribution in [3.8, 4) is 0 Å². The van der Waals surface area contributed by atoms with Crippen LogP contribution < -0.4 is 11.1 Å². The van der Waals surface area contributed by atoms with Gasteiger partial charge in [-0.05, 0) is 18.3 Å². The number of rotatable bonds is 7. The Morgan fingerprint density at radius 3 is 2.26 bits per heavy atom. The summed E-state index contributed by atoms with van der Waals surface area (Å²) in [5, 5.41) is 2.55. The van der Waals surface area contributed by atoms with E-state index in [0.717, 1.165) is 12.8 Å². The molecule has 2 amide bonds. The fraction of sp³-hybridized carbons (Fsp3) is 0.857. The molecule has 0 aliphatic carbocycles. The molecule has 0 bridgehead atoms. The maximum atomic E-state index is 12.5. The molecule has 0 saturated carbocycles. The van der Waals surface area contributed by atoms with E-state index in [2.05, 4.69) is 26.1 Å². The molecule has 0 aromatic rings. The molecule has 0 fully saturated rings. The zero-order chi connectivity index (χ0) is 15.1. The van der Waals surface area contributed by atoms with E-state index < -0.39 is 0 Å². The van der Waals surface area contributed by atoms with Crippen molar-refractivity contribution in [1.82, 2.24) is 10.2 Å². The maximum Gasteiger partial charge on any atom is 0.239 e. The molecule has 0 radical (unpaired) electrons. The van der Waals surface area contributed by atoms with Crippen molar-refractivity contribution >= 4 is 11.8 Å². The van der Waals surface area contributed by atoms with Crippen LogP contribution in [0.3, 0.4) is 0 Å². The minimum Gasteiger partial charge on any atom is -0.358 e. The molecular weight excluding hydrogens is 242 g/mol. The van der Waals surface area contributed by atoms with Gasteiger partial charge in [0.1, 0.15) is 0 Å². The van der Waals surface area contributed by atoms with Crippen LogP contribution in [0.15, 0.2) is 0 Å². The predicted molar refractivity (Wildman–Crippen MR) is 77.6 cm³/mol. The summed E-state index contributed by atoms with van der Waals surface area (Å²) in [4.78, 5) is 25.5. The smallest absolute Gasteiger partial charge is 0.239 e. The number of carbonyl (C=O) groups excluding carboxylic acids is 2. The summed E-state index contributed by atoms with van der Waals surface area (Å²) in [5.41, 5.74) is 5.78. The second kappa shape index (κ2) is 8.15. The Kier molecular flexibility index (Phi) is 7.68. The van der Waals surface area contributed by atoms with Crippen molar-refractivity contribution in [3.63, 3.8) is 0 Å². The Bertz CT molecular complexity index is 298. The lowest BCUT2D eigenvalue weighted by atomic mass is 9.84. The molecule has 0 aromatic carbocycles. The number of hydrogen-bond acceptors (Lipinski definition) is 3. The first kappa shape index (κ1) is 17.9. The van der Waals surface area contributed by atoms with Crippen LogP contribution >= 0.6 is 0 Å². The molecule has 0 saturated heterocycles. The van der Waals surface area contributed by atoms with Gasteiger partial charge < -0.3 is 16.0 Å². The number of amides is 2. The van der Waals surface area contributed by atoms with Crippen molar-refractivity contribution in [1.29, 1.82) is 0 Å². The Morgan fingerprint density at radius 2 is 1.89 bits per heavy atom. The lowest BCUT2D eigenvalue weighted by Crippen LogP contribution is -2.45. The average molecular weight is 271 g/mol. The van der Waals surface area contributed by atoms with Gasteiger partial charge in [-0.25, -0.2) is 0 Å². The minimum absolute atomic E-state index is 0.0112. The molecule has 0 aliphatic rings. The maximum absolute atomic E-state index is 12.5. The Balaban J connectivity index is 4.79. The summed E-state index contributed by atoms with van der Waals surface area (Å²) in [6.45, 7) is 9.29. The molecule has 0 heterocycles. The van der Waals surface area contributed by atoms with Crippen molar-refractivity contribution in [2.24, 2.45) is 17.1 Å². The van der Waals surface area contributed by atoms with Crippen LogP contribution in [0.5, 0.6) is 0 Å². The predicted octanol–water partition coefficient (Wildman–Crippen LogP) is 0.982. The summed E-state index contributed by atoms with van der Waals surface area (Å²) in [5.74, 6) is -0.368. The van der Waals surface area contributed by atoms with Gasteiger partial charge in [0.15, 0.2) is 0 Å². The highest BCUT2D eigenvalue weighted by atomic mass is 16.2. The van der Waals surface area contributed by atoms with E-state index in [1.54, 1.807) is 11.9 Å². The summed E-state index contributed by atoms with van der Waals surface area (Å²) in [6, 6.07) is 0. The first-order chi connectivity index (χ1) is 8.75. The molecular formula is C14H29N3O2. The summed E-state index contributed by atoms with van der Waals surface area (Å²) < 4.78 is 0. The van der Waals surface area contributed by atoms with Crippen LogP contribution in [-0.4, -0.2) is 43.4 Å². The average Bonchev–Trinajstić information content (AvgIpc) is 2.33. The number of nitrogens with one attached hydrogen (secondary N) is 1. The van der Waals surface area contributed by atoms with E-state index >= 15 is 0 Å². The molecule has 0 aliphatic heterocycles. The third-order valence-corrected chi connectivity index (χ3v) is 2.91. The monoisotopic (exact) mass is 271 g/mol. The van der Waals surface area contributed by atoms with E-state index in [1.807, 2.05) is 6.92 Å². The molecule has 1 atom stereocenters. The fourth-order valence-electron chi connectivity index (χ4n) is 2.06. The van der Waals surface area contributed by atoms with Gasteiger partial charge in [0.25, 0.3) is 0 Å². The number of nitrogens with two attached hydrogens (primary N) is 1. The van der Waals surface area contributed by atoms with Gasteiger partial charge in [-0.15, -0.1) is 0 Å². The number of carbonyl (C=O) groups is 2. The lowest BCUT2D eigenvalue weighted by Gasteiger charge is -2.29. The highest BCUT2D eigenvalue weighted by molar-refractivity contribution is 5.85. The Labute approximate surface area is 116 Å². The van der Waals surface area contributed by atoms with Gasteiger partial charge in [0, 0.05) is 20.1 Å². The Morgan fingerprint density at radius 1 is 1.32 bits per heavy atom. The van der Waals surface area contributed by atoms with E-state index in [4.69, 9.17) is 5.73 Å². The molecule has 1 unspecified atom stereocenters. The first-order valence-electron chi connectivity index (χ1n) is 6.94. The molecule has 5 nitrogen and oxygen atoms in total. The van der Waals surface area contributed by atoms with Crippen LogP contribution in [0, 0.1) is 11.3 Å². The van der Waals surface area contributed by atoms with Crippen LogP contribution in [0.1, 0.15) is 40.5 Å². The minimum atomic E-state index is -0.212. The van der Waals surface area contributed by atoms with E-state index in [9.17, 15) is 9.59 Å². The SMILES string of the molecule is CCCN(CC(=O)NC)C(=O)C(CN)CC(C)(C)C. The number of nitrogens with zero attached hydrogens (tertiary/aromatic N) is 1. The normalized spacial score (nSPS) is 12.9. The molecule has 0 aromatic heterocycles. The molecule has 0 spiro atoms. The first-order valence-corrected chi connectivity index (χ1v) is 6.94. The zero-order valence-electron chi connectivity index (χ0n) is 13.0. The van der Waals surface area contributed by atoms with E-state index in [1.165, 1.54) is 0 Å². The van der Waals surface area contributed by atoms with Crippen LogP contribution in [0.2, 0.25) is 0 Å². The third-order valence-electron chi connectivity index (χ3n) is 2.91. The van der Waals surface area contributed by atoms with Crippen LogP contribution in [0.25, 0.3) is 0 Å². The molecule has 19 heavy (non-hydrogen) atoms. The molecule has 3 N–H and O–H groups in total. The van der Waals surface area contributed by atoms with Crippen LogP contribution in [0.4, 0.5) is 0 Å². The quantitative estimate of drug-likeness (QED) is 0.725. The second-order valence-corrected chi connectivity index (χ2v) is 6.13. The highest BCUT2D eigenvalue weighted by Gasteiger charge is 2.28. The number of likely N-dealkylation sites (N-methyl/N-ethyl adjacent to an activating group) is 1. The third kappa shape index (κ3) is 7.15. The summed E-state index contributed by atoms with van der Waals surface area (Å²) in [6.07, 6.45) is 1.56. The molecule has 112 valence electrons. The molecule has 0 rings (SSSR count). The molecule has 5 heteroatoms. The number of hydrogen-bond donors (Lipinski definition) is 2. The van der Waals surface area contributed by atoms with Gasteiger partial charge in [-0.2, -0.15) is 0 Å². The van der Waals surface area contributed by atoms with Gasteiger partial charge in [0.05, 0.1) is 12.5 Å². The van der Waals surface area contributed by atoms with E-state index in [-0.39, 0.29) is 29.7 Å². The van der Waals surface area contributed by atoms with Gasteiger partial charge >= 0.3 is 0 Å². The second-order valence-electron chi connectivity index (χ2n) is 6.13. The highest BCUT2D eigenvalue weighted by Crippen LogP contribution is 2.25. The van der Waals surface area contributed by atoms with Crippen molar-refractivity contribution < 1.29 is 9.59 Å². The van der Waals surface area contributed by atoms with Gasteiger partial charge in [-0.3, -0.25) is 9.59 Å². The fourth-order valence-corrected chi connectivity index (χ4v) is 2.06. The Hall–Kier alpha value is -1.10. The van der Waals surface area contributed by atoms with E-state index in [0.29, 0.717) is 13.1 Å². The lowest BCUT2D eigenvalue weighted by molar-refractivity contribution is -0.139. The van der Waals surface area contributed by atoms with Gasteiger partial charge in [-0.1, -0.05) is 27.7 Å².